The second-order valence-corrected chi connectivity index (χ2v) is 7.94. The fourth-order valence-electron chi connectivity index (χ4n) is 3.43. The molecular weight excluding hydrogens is 400 g/mol. The van der Waals surface area contributed by atoms with Gasteiger partial charge in [0.25, 0.3) is 0 Å². The molecule has 0 spiro atoms. The number of benzene rings is 1. The van der Waals surface area contributed by atoms with Crippen molar-refractivity contribution in [2.24, 2.45) is 5.92 Å². The Kier molecular flexibility index (Phi) is 8.28. The average Bonchev–Trinajstić information content (AvgIpc) is 2.68. The van der Waals surface area contributed by atoms with E-state index in [1.54, 1.807) is 33.8 Å². The van der Waals surface area contributed by atoms with Crippen molar-refractivity contribution < 1.29 is 34.0 Å². The quantitative estimate of drug-likeness (QED) is 0.360. The first-order valence-corrected chi connectivity index (χ1v) is 10.5. The molecule has 0 amide bonds. The number of ketones is 1. The van der Waals surface area contributed by atoms with Crippen LogP contribution in [0.5, 0.6) is 17.2 Å². The lowest BCUT2D eigenvalue weighted by atomic mass is 9.93. The van der Waals surface area contributed by atoms with Gasteiger partial charge in [-0.25, -0.2) is 0 Å². The number of hydrogen-bond acceptors (Lipinski definition) is 7. The van der Waals surface area contributed by atoms with E-state index in [0.717, 1.165) is 0 Å². The second-order valence-electron chi connectivity index (χ2n) is 7.94. The smallest absolute Gasteiger partial charge is 0.310 e. The van der Waals surface area contributed by atoms with Crippen LogP contribution in [0.1, 0.15) is 53.5 Å². The van der Waals surface area contributed by atoms with Crippen LogP contribution >= 0.6 is 0 Å². The van der Waals surface area contributed by atoms with Crippen molar-refractivity contribution in [3.05, 3.63) is 41.0 Å². The Morgan fingerprint density at radius 3 is 2.52 bits per heavy atom. The largest absolute Gasteiger partial charge is 0.508 e. The van der Waals surface area contributed by atoms with Gasteiger partial charge in [0.1, 0.15) is 29.5 Å². The molecular formula is C24H32O7. The highest BCUT2D eigenvalue weighted by Gasteiger charge is 2.36. The molecule has 2 N–H and O–H groups in total. The van der Waals surface area contributed by atoms with Crippen LogP contribution in [0.3, 0.4) is 0 Å². The fourth-order valence-corrected chi connectivity index (χ4v) is 3.43. The van der Waals surface area contributed by atoms with Crippen LogP contribution in [-0.4, -0.2) is 40.5 Å². The van der Waals surface area contributed by atoms with Crippen LogP contribution in [-0.2, 0) is 25.5 Å². The third-order valence-corrected chi connectivity index (χ3v) is 5.14. The predicted octanol–water partition coefficient (Wildman–Crippen LogP) is 4.20. The first-order valence-electron chi connectivity index (χ1n) is 10.5. The summed E-state index contributed by atoms with van der Waals surface area (Å²) in [5.74, 6) is -0.742. The average molecular weight is 433 g/mol. The van der Waals surface area contributed by atoms with E-state index < -0.39 is 24.5 Å². The van der Waals surface area contributed by atoms with Gasteiger partial charge < -0.3 is 24.4 Å². The number of ether oxygens (including phenoxy) is 3. The van der Waals surface area contributed by atoms with Crippen molar-refractivity contribution in [3.8, 4) is 17.2 Å². The van der Waals surface area contributed by atoms with E-state index in [1.807, 2.05) is 13.8 Å². The molecule has 31 heavy (non-hydrogen) atoms. The molecule has 3 unspecified atom stereocenters. The number of fused-ring (bicyclic) bond motifs is 1. The summed E-state index contributed by atoms with van der Waals surface area (Å²) in [7, 11) is 0. The van der Waals surface area contributed by atoms with Crippen molar-refractivity contribution in [1.82, 2.24) is 0 Å². The molecule has 0 saturated heterocycles. The SMILES string of the molecule is C/C=C(/CC)C(=O)/C=C(\C)C1Oc2cc(O)cc(O)c2CC1OC(C)OC(=O)C(C)C. The van der Waals surface area contributed by atoms with Gasteiger partial charge in [0, 0.05) is 24.1 Å². The van der Waals surface area contributed by atoms with E-state index in [4.69, 9.17) is 14.2 Å². The lowest BCUT2D eigenvalue weighted by molar-refractivity contribution is -0.195. The molecule has 1 aromatic rings. The monoisotopic (exact) mass is 432 g/mol. The summed E-state index contributed by atoms with van der Waals surface area (Å²) < 4.78 is 17.3. The van der Waals surface area contributed by atoms with Gasteiger partial charge >= 0.3 is 5.97 Å². The third-order valence-electron chi connectivity index (χ3n) is 5.14. The number of phenolic OH excluding ortho intramolecular Hbond substituents is 2. The molecule has 7 heteroatoms. The van der Waals surface area contributed by atoms with Gasteiger partial charge in [-0.2, -0.15) is 0 Å². The van der Waals surface area contributed by atoms with Crippen LogP contribution < -0.4 is 4.74 Å². The minimum atomic E-state index is -0.850. The number of hydrogen-bond donors (Lipinski definition) is 2. The molecule has 170 valence electrons. The molecule has 0 aromatic heterocycles. The standard InChI is InChI=1S/C24H32O7/c1-7-16(8-2)19(26)9-14(5)23-22(29-15(6)30-24(28)13(3)4)12-18-20(27)10-17(25)11-21(18)31-23/h7,9-11,13,15,22-23,25,27H,8,12H2,1-6H3/b14-9+,16-7-. The van der Waals surface area contributed by atoms with Gasteiger partial charge in [0.15, 0.2) is 5.78 Å². The zero-order valence-electron chi connectivity index (χ0n) is 19.0. The number of allylic oxidation sites excluding steroid dienone is 3. The zero-order valence-corrected chi connectivity index (χ0v) is 19.0. The van der Waals surface area contributed by atoms with Gasteiger partial charge in [0.05, 0.1) is 5.92 Å². The minimum Gasteiger partial charge on any atom is -0.508 e. The molecule has 7 nitrogen and oxygen atoms in total. The summed E-state index contributed by atoms with van der Waals surface area (Å²) in [4.78, 5) is 24.5. The maximum absolute atomic E-state index is 12.6. The Hall–Kier alpha value is -2.80. The Morgan fingerprint density at radius 2 is 1.94 bits per heavy atom. The third kappa shape index (κ3) is 6.10. The molecule has 1 heterocycles. The zero-order chi connectivity index (χ0) is 23.3. The van der Waals surface area contributed by atoms with Crippen molar-refractivity contribution >= 4 is 11.8 Å². The molecule has 0 radical (unpaired) electrons. The van der Waals surface area contributed by atoms with Crippen molar-refractivity contribution in [3.63, 3.8) is 0 Å². The first kappa shape index (κ1) is 24.5. The highest BCUT2D eigenvalue weighted by atomic mass is 16.7. The minimum absolute atomic E-state index is 0.117. The lowest BCUT2D eigenvalue weighted by Crippen LogP contribution is -2.43. The number of carbonyl (C=O) groups excluding carboxylic acids is 2. The van der Waals surface area contributed by atoms with Crippen LogP contribution in [0.25, 0.3) is 0 Å². The van der Waals surface area contributed by atoms with E-state index in [2.05, 4.69) is 0 Å². The van der Waals surface area contributed by atoms with E-state index in [1.165, 1.54) is 18.2 Å². The van der Waals surface area contributed by atoms with E-state index in [9.17, 15) is 19.8 Å². The van der Waals surface area contributed by atoms with Crippen molar-refractivity contribution in [2.45, 2.75) is 72.9 Å². The number of aromatic hydroxyl groups is 2. The Labute approximate surface area is 183 Å². The lowest BCUT2D eigenvalue weighted by Gasteiger charge is -2.35. The highest BCUT2D eigenvalue weighted by molar-refractivity contribution is 6.04. The summed E-state index contributed by atoms with van der Waals surface area (Å²) in [5.41, 5.74) is 1.78. The maximum Gasteiger partial charge on any atom is 0.310 e. The summed E-state index contributed by atoms with van der Waals surface area (Å²) in [6.07, 6.45) is 2.00. The number of carbonyl (C=O) groups is 2. The summed E-state index contributed by atoms with van der Waals surface area (Å²) in [5, 5.41) is 20.1. The normalized spacial score (nSPS) is 20.1. The van der Waals surface area contributed by atoms with Gasteiger partial charge in [0.2, 0.25) is 6.29 Å². The van der Waals surface area contributed by atoms with Crippen LogP contribution in [0.15, 0.2) is 35.4 Å². The Balaban J connectivity index is 2.35. The number of esters is 1. The van der Waals surface area contributed by atoms with Crippen molar-refractivity contribution in [2.75, 3.05) is 0 Å². The van der Waals surface area contributed by atoms with Gasteiger partial charge in [-0.05, 0) is 44.4 Å². The van der Waals surface area contributed by atoms with Gasteiger partial charge in [-0.3, -0.25) is 9.59 Å². The number of phenols is 2. The molecule has 3 atom stereocenters. The fraction of sp³-hybridized carbons (Fsp3) is 0.500. The molecule has 1 aliphatic heterocycles. The van der Waals surface area contributed by atoms with Crippen LogP contribution in [0.2, 0.25) is 0 Å². The maximum atomic E-state index is 12.6. The van der Waals surface area contributed by atoms with Crippen LogP contribution in [0.4, 0.5) is 0 Å². The molecule has 0 saturated carbocycles. The molecule has 0 fully saturated rings. The van der Waals surface area contributed by atoms with E-state index in [0.29, 0.717) is 28.9 Å². The van der Waals surface area contributed by atoms with Crippen molar-refractivity contribution in [1.29, 1.82) is 0 Å². The molecule has 0 bridgehead atoms. The summed E-state index contributed by atoms with van der Waals surface area (Å²) >= 11 is 0. The Bertz CT molecular complexity index is 882. The van der Waals surface area contributed by atoms with E-state index >= 15 is 0 Å². The van der Waals surface area contributed by atoms with Gasteiger partial charge in [-0.15, -0.1) is 0 Å². The molecule has 0 aliphatic carbocycles. The van der Waals surface area contributed by atoms with E-state index in [-0.39, 0.29) is 29.6 Å². The molecule has 2 rings (SSSR count). The van der Waals surface area contributed by atoms with Crippen LogP contribution in [0, 0.1) is 5.92 Å². The predicted molar refractivity (Wildman–Crippen MR) is 116 cm³/mol. The molecule has 1 aromatic carbocycles. The highest BCUT2D eigenvalue weighted by Crippen LogP contribution is 2.40. The summed E-state index contributed by atoms with van der Waals surface area (Å²) in [6.45, 7) is 10.6. The topological polar surface area (TPSA) is 102 Å². The second kappa shape index (κ2) is 10.5. The van der Waals surface area contributed by atoms with Gasteiger partial charge in [-0.1, -0.05) is 26.8 Å². The Morgan fingerprint density at radius 1 is 1.26 bits per heavy atom. The molecule has 1 aliphatic rings. The summed E-state index contributed by atoms with van der Waals surface area (Å²) in [6, 6.07) is 2.65. The first-order chi connectivity index (χ1) is 14.6. The number of rotatable bonds is 8.